The smallest absolute Gasteiger partial charge is 0.297 e. The molecule has 0 aliphatic carbocycles. The van der Waals surface area contributed by atoms with E-state index in [1.165, 1.54) is 12.1 Å². The maximum absolute atomic E-state index is 12.2. The highest BCUT2D eigenvalue weighted by Crippen LogP contribution is 2.26. The molecule has 0 aromatic heterocycles. The molecule has 1 aromatic rings. The van der Waals surface area contributed by atoms with Gasteiger partial charge in [0.25, 0.3) is 10.1 Å². The summed E-state index contributed by atoms with van der Waals surface area (Å²) in [6, 6.07) is 5.78. The Balaban J connectivity index is 2.24. The Bertz CT molecular complexity index is 599. The molecule has 22 heavy (non-hydrogen) atoms. The van der Waals surface area contributed by atoms with Crippen molar-refractivity contribution in [2.75, 3.05) is 6.61 Å². The monoisotopic (exact) mass is 334 g/mol. The lowest BCUT2D eigenvalue weighted by Gasteiger charge is -2.39. The average molecular weight is 334 g/mol. The number of hydrogen-bond donors (Lipinski definition) is 4. The first-order chi connectivity index (χ1) is 10.3. The summed E-state index contributed by atoms with van der Waals surface area (Å²) in [5.74, 6) is 0. The van der Waals surface area contributed by atoms with Crippen LogP contribution >= 0.6 is 0 Å². The van der Waals surface area contributed by atoms with Gasteiger partial charge in [0, 0.05) is 0 Å². The molecule has 0 bridgehead atoms. The van der Waals surface area contributed by atoms with Crippen LogP contribution in [0.5, 0.6) is 0 Å². The van der Waals surface area contributed by atoms with Crippen LogP contribution in [-0.2, 0) is 19.0 Å². The molecule has 1 aliphatic rings. The largest absolute Gasteiger partial charge is 0.394 e. The van der Waals surface area contributed by atoms with Crippen molar-refractivity contribution in [3.63, 3.8) is 0 Å². The zero-order valence-corrected chi connectivity index (χ0v) is 12.5. The third-order valence-corrected chi connectivity index (χ3v) is 4.71. The van der Waals surface area contributed by atoms with Gasteiger partial charge < -0.3 is 25.2 Å². The molecule has 0 spiro atoms. The van der Waals surface area contributed by atoms with E-state index in [-0.39, 0.29) is 4.90 Å². The molecule has 5 atom stereocenters. The Kier molecular flexibility index (Phi) is 5.17. The fraction of sp³-hybridized carbons (Fsp3) is 0.538. The molecular weight excluding hydrogens is 316 g/mol. The molecule has 0 amide bonds. The van der Waals surface area contributed by atoms with Crippen LogP contribution in [0.4, 0.5) is 0 Å². The third kappa shape index (κ3) is 3.46. The Morgan fingerprint density at radius 2 is 1.73 bits per heavy atom. The molecule has 0 saturated carbocycles. The van der Waals surface area contributed by atoms with Crippen LogP contribution in [0.2, 0.25) is 0 Å². The average Bonchev–Trinajstić information content (AvgIpc) is 2.48. The van der Waals surface area contributed by atoms with Crippen LogP contribution < -0.4 is 0 Å². The van der Waals surface area contributed by atoms with Crippen molar-refractivity contribution >= 4 is 10.1 Å². The standard InChI is InChI=1S/C13H18O8S/c1-7-2-4-8(5-3-7)22(18,19)21-12-10(15)9(6-14)20-13(17)11(12)16/h2-5,9-17H,6H2,1H3/t9-,10-,11+,12+,13+/m0/s1. The summed E-state index contributed by atoms with van der Waals surface area (Å²) >= 11 is 0. The van der Waals surface area contributed by atoms with Gasteiger partial charge in [0.15, 0.2) is 6.29 Å². The number of aliphatic hydroxyl groups excluding tert-OH is 4. The molecule has 0 radical (unpaired) electrons. The van der Waals surface area contributed by atoms with Crippen molar-refractivity contribution in [1.29, 1.82) is 0 Å². The Morgan fingerprint density at radius 3 is 2.27 bits per heavy atom. The lowest BCUT2D eigenvalue weighted by atomic mass is 9.99. The SMILES string of the molecule is Cc1ccc(S(=O)(=O)O[C@H]2[C@@H](O)[C@H](O)O[C@@H](CO)[C@@H]2O)cc1. The Labute approximate surface area is 127 Å². The lowest BCUT2D eigenvalue weighted by molar-refractivity contribution is -0.281. The number of ether oxygens (including phenoxy) is 1. The predicted molar refractivity (Wildman–Crippen MR) is 73.2 cm³/mol. The fourth-order valence-corrected chi connectivity index (χ4v) is 3.19. The van der Waals surface area contributed by atoms with Crippen molar-refractivity contribution in [2.45, 2.75) is 42.5 Å². The van der Waals surface area contributed by atoms with E-state index < -0.39 is 47.4 Å². The number of hydrogen-bond acceptors (Lipinski definition) is 8. The number of rotatable bonds is 4. The highest BCUT2D eigenvalue weighted by atomic mass is 32.2. The van der Waals surface area contributed by atoms with E-state index in [9.17, 15) is 23.7 Å². The Hall–Kier alpha value is -1.07. The molecule has 2 rings (SSSR count). The van der Waals surface area contributed by atoms with Gasteiger partial charge in [0.05, 0.1) is 11.5 Å². The first-order valence-corrected chi connectivity index (χ1v) is 7.97. The van der Waals surface area contributed by atoms with Crippen molar-refractivity contribution in [1.82, 2.24) is 0 Å². The van der Waals surface area contributed by atoms with Crippen LogP contribution in [0.3, 0.4) is 0 Å². The summed E-state index contributed by atoms with van der Waals surface area (Å²) in [5, 5.41) is 38.2. The summed E-state index contributed by atoms with van der Waals surface area (Å²) < 4.78 is 34.0. The summed E-state index contributed by atoms with van der Waals surface area (Å²) in [6.07, 6.45) is -8.11. The van der Waals surface area contributed by atoms with E-state index in [4.69, 9.17) is 14.0 Å². The van der Waals surface area contributed by atoms with E-state index >= 15 is 0 Å². The minimum atomic E-state index is -4.27. The highest BCUT2D eigenvalue weighted by molar-refractivity contribution is 7.86. The van der Waals surface area contributed by atoms with E-state index in [1.807, 2.05) is 0 Å². The van der Waals surface area contributed by atoms with Gasteiger partial charge >= 0.3 is 0 Å². The van der Waals surface area contributed by atoms with E-state index in [0.29, 0.717) is 0 Å². The second-order valence-corrected chi connectivity index (χ2v) is 6.63. The molecule has 1 heterocycles. The van der Waals surface area contributed by atoms with Crippen molar-refractivity contribution < 1.29 is 37.8 Å². The van der Waals surface area contributed by atoms with Crippen LogP contribution in [0, 0.1) is 6.92 Å². The van der Waals surface area contributed by atoms with Gasteiger partial charge in [-0.25, -0.2) is 0 Å². The van der Waals surface area contributed by atoms with Gasteiger partial charge in [-0.05, 0) is 19.1 Å². The van der Waals surface area contributed by atoms with Crippen LogP contribution in [0.15, 0.2) is 29.2 Å². The molecule has 1 saturated heterocycles. The molecule has 0 unspecified atom stereocenters. The van der Waals surface area contributed by atoms with Gasteiger partial charge in [-0.3, -0.25) is 4.18 Å². The number of aryl methyl sites for hydroxylation is 1. The van der Waals surface area contributed by atoms with Crippen LogP contribution in [-0.4, -0.2) is 66.2 Å². The first kappa shape index (κ1) is 17.3. The van der Waals surface area contributed by atoms with E-state index in [0.717, 1.165) is 5.56 Å². The van der Waals surface area contributed by atoms with Crippen molar-refractivity contribution in [3.05, 3.63) is 29.8 Å². The fourth-order valence-electron chi connectivity index (χ4n) is 2.09. The molecule has 4 N–H and O–H groups in total. The number of benzene rings is 1. The summed E-state index contributed by atoms with van der Waals surface area (Å²) in [6.45, 7) is 1.11. The van der Waals surface area contributed by atoms with Crippen LogP contribution in [0.1, 0.15) is 5.56 Å². The minimum Gasteiger partial charge on any atom is -0.394 e. The summed E-state index contributed by atoms with van der Waals surface area (Å²) in [5.41, 5.74) is 0.848. The molecule has 1 aliphatic heterocycles. The maximum Gasteiger partial charge on any atom is 0.297 e. The second kappa shape index (κ2) is 6.59. The van der Waals surface area contributed by atoms with E-state index in [1.54, 1.807) is 19.1 Å². The molecule has 8 nitrogen and oxygen atoms in total. The molecule has 1 aromatic carbocycles. The molecule has 9 heteroatoms. The lowest BCUT2D eigenvalue weighted by Crippen LogP contribution is -2.59. The topological polar surface area (TPSA) is 134 Å². The molecular formula is C13H18O8S. The van der Waals surface area contributed by atoms with Gasteiger partial charge in [0.2, 0.25) is 0 Å². The van der Waals surface area contributed by atoms with Crippen molar-refractivity contribution in [2.24, 2.45) is 0 Å². The zero-order valence-electron chi connectivity index (χ0n) is 11.7. The maximum atomic E-state index is 12.2. The Morgan fingerprint density at radius 1 is 1.14 bits per heavy atom. The normalized spacial score (nSPS) is 32.9. The molecule has 124 valence electrons. The van der Waals surface area contributed by atoms with Crippen LogP contribution in [0.25, 0.3) is 0 Å². The second-order valence-electron chi connectivity index (χ2n) is 5.06. The minimum absolute atomic E-state index is 0.154. The predicted octanol–water partition coefficient (Wildman–Crippen LogP) is -1.50. The number of aliphatic hydroxyl groups is 4. The molecule has 1 fully saturated rings. The summed E-state index contributed by atoms with van der Waals surface area (Å²) in [4.78, 5) is -0.154. The van der Waals surface area contributed by atoms with E-state index in [2.05, 4.69) is 0 Å². The first-order valence-electron chi connectivity index (χ1n) is 6.57. The van der Waals surface area contributed by atoms with Crippen molar-refractivity contribution in [3.8, 4) is 0 Å². The summed E-state index contributed by atoms with van der Waals surface area (Å²) in [7, 11) is -4.27. The third-order valence-electron chi connectivity index (χ3n) is 3.39. The highest BCUT2D eigenvalue weighted by Gasteiger charge is 2.46. The quantitative estimate of drug-likeness (QED) is 0.489. The zero-order chi connectivity index (χ0) is 16.5. The van der Waals surface area contributed by atoms with Gasteiger partial charge in [0.1, 0.15) is 24.4 Å². The van der Waals surface area contributed by atoms with Gasteiger partial charge in [-0.15, -0.1) is 0 Å². The van der Waals surface area contributed by atoms with Gasteiger partial charge in [-0.1, -0.05) is 17.7 Å². The van der Waals surface area contributed by atoms with Gasteiger partial charge in [-0.2, -0.15) is 8.42 Å².